The lowest BCUT2D eigenvalue weighted by Crippen LogP contribution is -2.03. The van der Waals surface area contributed by atoms with Crippen molar-refractivity contribution >= 4 is 5.82 Å². The highest BCUT2D eigenvalue weighted by Crippen LogP contribution is 2.38. The van der Waals surface area contributed by atoms with Crippen LogP contribution in [-0.4, -0.2) is 19.3 Å². The standard InChI is InChI=1S/C11H15N5/c1-2-15-6-5-13-11(15)9-7-14-16(10(9)12)8-3-4-8/h5-8H,2-4,12H2,1H3. The summed E-state index contributed by atoms with van der Waals surface area (Å²) >= 11 is 0. The van der Waals surface area contributed by atoms with Crippen molar-refractivity contribution in [3.8, 4) is 11.4 Å². The first-order chi connectivity index (χ1) is 7.81. The van der Waals surface area contributed by atoms with Gasteiger partial charge in [-0.2, -0.15) is 5.10 Å². The molecule has 16 heavy (non-hydrogen) atoms. The molecule has 2 aromatic rings. The maximum Gasteiger partial charge on any atom is 0.145 e. The number of nitrogen functional groups attached to an aromatic ring is 1. The van der Waals surface area contributed by atoms with E-state index in [1.54, 1.807) is 6.20 Å². The summed E-state index contributed by atoms with van der Waals surface area (Å²) in [7, 11) is 0. The quantitative estimate of drug-likeness (QED) is 0.850. The highest BCUT2D eigenvalue weighted by Gasteiger charge is 2.27. The largest absolute Gasteiger partial charge is 0.383 e. The molecule has 5 nitrogen and oxygen atoms in total. The molecule has 0 atom stereocenters. The Bertz CT molecular complexity index is 506. The van der Waals surface area contributed by atoms with E-state index in [0.29, 0.717) is 6.04 Å². The average molecular weight is 217 g/mol. The number of aromatic nitrogens is 4. The molecular formula is C11H15N5. The maximum absolute atomic E-state index is 6.11. The lowest BCUT2D eigenvalue weighted by Gasteiger charge is -2.05. The van der Waals surface area contributed by atoms with Gasteiger partial charge >= 0.3 is 0 Å². The predicted molar refractivity (Wildman–Crippen MR) is 61.8 cm³/mol. The highest BCUT2D eigenvalue weighted by atomic mass is 15.3. The monoisotopic (exact) mass is 217 g/mol. The Hall–Kier alpha value is -1.78. The Balaban J connectivity index is 2.06. The molecule has 0 aromatic carbocycles. The molecule has 5 heteroatoms. The van der Waals surface area contributed by atoms with Crippen molar-refractivity contribution in [1.29, 1.82) is 0 Å². The fraction of sp³-hybridized carbons (Fsp3) is 0.455. The number of hydrogen-bond acceptors (Lipinski definition) is 3. The number of imidazole rings is 1. The van der Waals surface area contributed by atoms with Crippen LogP contribution in [0, 0.1) is 0 Å². The number of nitrogens with two attached hydrogens (primary N) is 1. The second-order valence-electron chi connectivity index (χ2n) is 4.16. The van der Waals surface area contributed by atoms with Crippen molar-refractivity contribution in [1.82, 2.24) is 19.3 Å². The molecule has 0 aliphatic heterocycles. The van der Waals surface area contributed by atoms with Gasteiger partial charge in [0.25, 0.3) is 0 Å². The molecule has 0 spiro atoms. The predicted octanol–water partition coefficient (Wildman–Crippen LogP) is 1.68. The normalized spacial score (nSPS) is 15.6. The SMILES string of the molecule is CCn1ccnc1-c1cnn(C2CC2)c1N. The number of anilines is 1. The number of aryl methyl sites for hydroxylation is 1. The topological polar surface area (TPSA) is 61.7 Å². The smallest absolute Gasteiger partial charge is 0.145 e. The van der Waals surface area contributed by atoms with Gasteiger partial charge in [-0.1, -0.05) is 0 Å². The number of hydrogen-bond donors (Lipinski definition) is 1. The molecule has 0 bridgehead atoms. The molecule has 1 aliphatic rings. The van der Waals surface area contributed by atoms with Crippen LogP contribution in [0.5, 0.6) is 0 Å². The molecule has 2 N–H and O–H groups in total. The third-order valence-corrected chi connectivity index (χ3v) is 3.02. The molecule has 2 aromatic heterocycles. The molecule has 1 fully saturated rings. The summed E-state index contributed by atoms with van der Waals surface area (Å²) in [4.78, 5) is 4.34. The molecule has 2 heterocycles. The van der Waals surface area contributed by atoms with Gasteiger partial charge in [-0.15, -0.1) is 0 Å². The molecule has 84 valence electrons. The zero-order valence-electron chi connectivity index (χ0n) is 9.30. The molecule has 3 rings (SSSR count). The van der Waals surface area contributed by atoms with Crippen LogP contribution in [0.3, 0.4) is 0 Å². The van der Waals surface area contributed by atoms with Crippen molar-refractivity contribution in [2.45, 2.75) is 32.4 Å². The Kier molecular flexibility index (Phi) is 1.99. The van der Waals surface area contributed by atoms with Gasteiger partial charge < -0.3 is 10.3 Å². The molecular weight excluding hydrogens is 202 g/mol. The van der Waals surface area contributed by atoms with Gasteiger partial charge in [0, 0.05) is 18.9 Å². The van der Waals surface area contributed by atoms with Crippen molar-refractivity contribution < 1.29 is 0 Å². The minimum absolute atomic E-state index is 0.513. The molecule has 1 aliphatic carbocycles. The lowest BCUT2D eigenvalue weighted by atomic mass is 10.3. The van der Waals surface area contributed by atoms with E-state index in [9.17, 15) is 0 Å². The Labute approximate surface area is 93.9 Å². The van der Waals surface area contributed by atoms with Crippen LogP contribution in [0.15, 0.2) is 18.6 Å². The van der Waals surface area contributed by atoms with Crippen LogP contribution < -0.4 is 5.73 Å². The van der Waals surface area contributed by atoms with E-state index in [1.807, 2.05) is 17.1 Å². The summed E-state index contributed by atoms with van der Waals surface area (Å²) < 4.78 is 3.99. The third-order valence-electron chi connectivity index (χ3n) is 3.02. The van der Waals surface area contributed by atoms with Crippen LogP contribution in [0.25, 0.3) is 11.4 Å². The zero-order chi connectivity index (χ0) is 11.1. The summed E-state index contributed by atoms with van der Waals surface area (Å²) in [6.07, 6.45) is 7.96. The fourth-order valence-corrected chi connectivity index (χ4v) is 1.96. The van der Waals surface area contributed by atoms with E-state index in [2.05, 4.69) is 21.6 Å². The highest BCUT2D eigenvalue weighted by molar-refractivity contribution is 5.68. The molecule has 0 amide bonds. The van der Waals surface area contributed by atoms with Crippen LogP contribution in [0.1, 0.15) is 25.8 Å². The van der Waals surface area contributed by atoms with Gasteiger partial charge in [0.2, 0.25) is 0 Å². The number of nitrogens with zero attached hydrogens (tertiary/aromatic N) is 4. The maximum atomic E-state index is 6.11. The van der Waals surface area contributed by atoms with E-state index < -0.39 is 0 Å². The minimum atomic E-state index is 0.513. The van der Waals surface area contributed by atoms with Crippen molar-refractivity contribution in [2.75, 3.05) is 5.73 Å². The lowest BCUT2D eigenvalue weighted by molar-refractivity contribution is 0.651. The Morgan fingerprint density at radius 2 is 2.31 bits per heavy atom. The van der Waals surface area contributed by atoms with E-state index in [4.69, 9.17) is 5.73 Å². The van der Waals surface area contributed by atoms with E-state index >= 15 is 0 Å². The molecule has 1 saturated carbocycles. The Morgan fingerprint density at radius 1 is 1.50 bits per heavy atom. The van der Waals surface area contributed by atoms with E-state index in [-0.39, 0.29) is 0 Å². The summed E-state index contributed by atoms with van der Waals surface area (Å²) in [6, 6.07) is 0.513. The summed E-state index contributed by atoms with van der Waals surface area (Å²) in [5.74, 6) is 1.65. The first kappa shape index (κ1) is 9.45. The van der Waals surface area contributed by atoms with Gasteiger partial charge in [-0.25, -0.2) is 9.67 Å². The van der Waals surface area contributed by atoms with Gasteiger partial charge in [0.05, 0.1) is 17.8 Å². The van der Waals surface area contributed by atoms with Gasteiger partial charge in [-0.05, 0) is 19.8 Å². The first-order valence-electron chi connectivity index (χ1n) is 5.65. The van der Waals surface area contributed by atoms with Gasteiger partial charge in [0.15, 0.2) is 0 Å². The fourth-order valence-electron chi connectivity index (χ4n) is 1.96. The zero-order valence-corrected chi connectivity index (χ0v) is 9.30. The summed E-state index contributed by atoms with van der Waals surface area (Å²) in [5.41, 5.74) is 7.05. The van der Waals surface area contributed by atoms with Crippen LogP contribution in [0.4, 0.5) is 5.82 Å². The van der Waals surface area contributed by atoms with Crippen molar-refractivity contribution in [2.24, 2.45) is 0 Å². The summed E-state index contributed by atoms with van der Waals surface area (Å²) in [5, 5.41) is 4.35. The van der Waals surface area contributed by atoms with E-state index in [0.717, 1.165) is 23.8 Å². The van der Waals surface area contributed by atoms with Crippen LogP contribution in [0.2, 0.25) is 0 Å². The number of rotatable bonds is 3. The summed E-state index contributed by atoms with van der Waals surface area (Å²) in [6.45, 7) is 2.98. The minimum Gasteiger partial charge on any atom is -0.383 e. The molecule has 0 radical (unpaired) electrons. The van der Waals surface area contributed by atoms with E-state index in [1.165, 1.54) is 12.8 Å². The third kappa shape index (κ3) is 1.31. The van der Waals surface area contributed by atoms with Gasteiger partial charge in [0.1, 0.15) is 11.6 Å². The second-order valence-corrected chi connectivity index (χ2v) is 4.16. The van der Waals surface area contributed by atoms with Crippen molar-refractivity contribution in [3.05, 3.63) is 18.6 Å². The molecule has 0 saturated heterocycles. The van der Waals surface area contributed by atoms with Crippen LogP contribution >= 0.6 is 0 Å². The second kappa shape index (κ2) is 3.37. The first-order valence-corrected chi connectivity index (χ1v) is 5.65. The molecule has 0 unspecified atom stereocenters. The Morgan fingerprint density at radius 3 is 3.00 bits per heavy atom. The average Bonchev–Trinajstić information content (AvgIpc) is 2.90. The van der Waals surface area contributed by atoms with Crippen molar-refractivity contribution in [3.63, 3.8) is 0 Å². The van der Waals surface area contributed by atoms with Crippen LogP contribution in [-0.2, 0) is 6.54 Å². The van der Waals surface area contributed by atoms with Gasteiger partial charge in [-0.3, -0.25) is 0 Å².